The fraction of sp³-hybridized carbons (Fsp3) is 0.700. The molecule has 3 amide bonds. The van der Waals surface area contributed by atoms with Crippen molar-refractivity contribution in [3.8, 4) is 0 Å². The molecule has 2 heterocycles. The summed E-state index contributed by atoms with van der Waals surface area (Å²) in [4.78, 5) is 45.4. The largest absolute Gasteiger partial charge is 0.347 e. The van der Waals surface area contributed by atoms with E-state index in [4.69, 9.17) is 0 Å². The van der Waals surface area contributed by atoms with Crippen molar-refractivity contribution in [1.29, 1.82) is 0 Å². The molecule has 4 aliphatic rings. The van der Waals surface area contributed by atoms with Gasteiger partial charge in [0.05, 0.1) is 12.1 Å². The lowest BCUT2D eigenvalue weighted by atomic mass is 9.82. The van der Waals surface area contributed by atoms with Gasteiger partial charge in [-0.05, 0) is 82.5 Å². The van der Waals surface area contributed by atoms with E-state index < -0.39 is 12.1 Å². The van der Waals surface area contributed by atoms with Crippen molar-refractivity contribution in [2.45, 2.75) is 101 Å². The smallest absolute Gasteiger partial charge is 0.246 e. The van der Waals surface area contributed by atoms with Gasteiger partial charge in [-0.3, -0.25) is 19.3 Å². The van der Waals surface area contributed by atoms with Crippen LogP contribution in [0, 0.1) is 5.92 Å². The number of aryl methyl sites for hydroxylation is 1. The van der Waals surface area contributed by atoms with Crippen LogP contribution in [0.25, 0.3) is 0 Å². The van der Waals surface area contributed by atoms with Gasteiger partial charge in [0.2, 0.25) is 17.7 Å². The second kappa shape index (κ2) is 14.9. The molecule has 3 N–H and O–H groups in total. The summed E-state index contributed by atoms with van der Waals surface area (Å²) in [5, 5.41) is 9.44. The summed E-state index contributed by atoms with van der Waals surface area (Å²) >= 11 is 0. The molecule has 1 aromatic carbocycles. The van der Waals surface area contributed by atoms with Crippen LogP contribution in [0.5, 0.6) is 0 Å². The predicted octanol–water partition coefficient (Wildman–Crippen LogP) is 3.37. The van der Waals surface area contributed by atoms with Gasteiger partial charge in [0.25, 0.3) is 0 Å². The minimum atomic E-state index is -0.586. The van der Waals surface area contributed by atoms with E-state index in [9.17, 15) is 14.4 Å². The van der Waals surface area contributed by atoms with E-state index in [1.165, 1.54) is 17.5 Å². The number of carbonyl (C=O) groups excluding carboxylic acids is 3. The number of likely N-dealkylation sites (N-methyl/N-ethyl adjacent to an activating group) is 1. The van der Waals surface area contributed by atoms with Crippen molar-refractivity contribution in [2.75, 3.05) is 26.7 Å². The highest BCUT2D eigenvalue weighted by atomic mass is 35.5. The quantitative estimate of drug-likeness (QED) is 0.449. The van der Waals surface area contributed by atoms with Crippen LogP contribution >= 0.6 is 24.8 Å². The van der Waals surface area contributed by atoms with Crippen LogP contribution in [-0.4, -0.2) is 78.4 Å². The Bertz CT molecular complexity index is 1020. The third-order valence-corrected chi connectivity index (χ3v) is 9.47. The zero-order valence-electron chi connectivity index (χ0n) is 23.9. The molecule has 5 rings (SSSR count). The van der Waals surface area contributed by atoms with E-state index in [1.54, 1.807) is 7.05 Å². The molecule has 224 valence electrons. The Morgan fingerprint density at radius 2 is 1.68 bits per heavy atom. The first-order valence-corrected chi connectivity index (χ1v) is 14.9. The third kappa shape index (κ3) is 7.12. The summed E-state index contributed by atoms with van der Waals surface area (Å²) < 4.78 is 0. The van der Waals surface area contributed by atoms with Crippen LogP contribution in [0.2, 0.25) is 0 Å². The third-order valence-electron chi connectivity index (χ3n) is 9.47. The number of benzene rings is 1. The second-order valence-electron chi connectivity index (χ2n) is 11.8. The number of piperazine rings is 1. The minimum Gasteiger partial charge on any atom is -0.347 e. The van der Waals surface area contributed by atoms with E-state index in [-0.39, 0.29) is 66.6 Å². The molecule has 0 aromatic heterocycles. The van der Waals surface area contributed by atoms with Crippen molar-refractivity contribution >= 4 is 42.5 Å². The van der Waals surface area contributed by atoms with Crippen molar-refractivity contribution in [2.24, 2.45) is 5.92 Å². The molecule has 1 aromatic rings. The topological polar surface area (TPSA) is 93.8 Å². The average Bonchev–Trinajstić information content (AvgIpc) is 3.42. The Labute approximate surface area is 251 Å². The fourth-order valence-electron chi connectivity index (χ4n) is 7.09. The van der Waals surface area contributed by atoms with Crippen LogP contribution < -0.4 is 16.0 Å². The van der Waals surface area contributed by atoms with Crippen LogP contribution in [0.1, 0.15) is 81.9 Å². The molecule has 2 aliphatic heterocycles. The van der Waals surface area contributed by atoms with Crippen molar-refractivity contribution < 1.29 is 14.4 Å². The molecule has 1 saturated carbocycles. The van der Waals surface area contributed by atoms with Crippen molar-refractivity contribution in [3.63, 3.8) is 0 Å². The molecule has 0 unspecified atom stereocenters. The maximum atomic E-state index is 14.3. The molecular weight excluding hydrogens is 549 g/mol. The van der Waals surface area contributed by atoms with Gasteiger partial charge in [-0.15, -0.1) is 24.8 Å². The van der Waals surface area contributed by atoms with Gasteiger partial charge in [0.1, 0.15) is 12.1 Å². The van der Waals surface area contributed by atoms with Gasteiger partial charge in [0.15, 0.2) is 0 Å². The van der Waals surface area contributed by atoms with Gasteiger partial charge in [-0.2, -0.15) is 0 Å². The first-order valence-electron chi connectivity index (χ1n) is 14.9. The summed E-state index contributed by atoms with van der Waals surface area (Å²) in [7, 11) is 1.75. The minimum absolute atomic E-state index is 0. The molecule has 0 spiro atoms. The maximum Gasteiger partial charge on any atom is 0.246 e. The van der Waals surface area contributed by atoms with Crippen molar-refractivity contribution in [1.82, 2.24) is 25.8 Å². The fourth-order valence-corrected chi connectivity index (χ4v) is 7.09. The van der Waals surface area contributed by atoms with Crippen molar-refractivity contribution in [3.05, 3.63) is 35.4 Å². The molecule has 2 aliphatic carbocycles. The molecule has 2 saturated heterocycles. The lowest BCUT2D eigenvalue weighted by Gasteiger charge is -2.45. The van der Waals surface area contributed by atoms with Gasteiger partial charge < -0.3 is 20.9 Å². The zero-order valence-corrected chi connectivity index (χ0v) is 25.5. The summed E-state index contributed by atoms with van der Waals surface area (Å²) in [6.45, 7) is 3.91. The molecule has 10 heteroatoms. The van der Waals surface area contributed by atoms with Crippen LogP contribution in [0.4, 0.5) is 0 Å². The van der Waals surface area contributed by atoms with E-state index in [0.29, 0.717) is 13.1 Å². The molecular formula is C30H47Cl2N5O3. The first kappa shape index (κ1) is 32.6. The van der Waals surface area contributed by atoms with Crippen LogP contribution in [0.15, 0.2) is 24.3 Å². The number of nitrogens with one attached hydrogen (secondary N) is 3. The molecule has 5 atom stereocenters. The highest BCUT2D eigenvalue weighted by Crippen LogP contribution is 2.32. The molecule has 40 heavy (non-hydrogen) atoms. The Hall–Kier alpha value is -1.87. The highest BCUT2D eigenvalue weighted by molar-refractivity contribution is 5.93. The summed E-state index contributed by atoms with van der Waals surface area (Å²) in [5.41, 5.74) is 2.51. The van der Waals surface area contributed by atoms with E-state index in [1.807, 2.05) is 17.9 Å². The average molecular weight is 597 g/mol. The highest BCUT2D eigenvalue weighted by Gasteiger charge is 2.45. The Morgan fingerprint density at radius 3 is 2.42 bits per heavy atom. The zero-order chi connectivity index (χ0) is 26.6. The summed E-state index contributed by atoms with van der Waals surface area (Å²) in [6.07, 6.45) is 10.3. The van der Waals surface area contributed by atoms with E-state index in [2.05, 4.69) is 39.0 Å². The standard InChI is InChI=1S/C30H45N5O3.2ClH/c1-20(31-2)28(36)33-27(22-11-4-3-5-12-22)30(38)35-18-23-14-9-17-34(23)19-26(35)29(37)32-25-16-8-13-21-10-6-7-15-24(21)25;;/h6-7,10,15,20,22-23,25-27,31H,3-5,8-9,11-14,16-19H2,1-2H3,(H,32,37)(H,33,36);2*1H/t20-,23+,25-,26-,27-;;/m0../s1. The molecule has 0 bridgehead atoms. The number of fused-ring (bicyclic) bond motifs is 2. The summed E-state index contributed by atoms with van der Waals surface area (Å²) in [5.74, 6) is -0.192. The lowest BCUT2D eigenvalue weighted by Crippen LogP contribution is -2.66. The monoisotopic (exact) mass is 595 g/mol. The number of amides is 3. The van der Waals surface area contributed by atoms with Gasteiger partial charge >= 0.3 is 0 Å². The molecule has 3 fully saturated rings. The van der Waals surface area contributed by atoms with Crippen LogP contribution in [0.3, 0.4) is 0 Å². The van der Waals surface area contributed by atoms with Crippen LogP contribution in [-0.2, 0) is 20.8 Å². The molecule has 0 radical (unpaired) electrons. The number of rotatable bonds is 7. The number of nitrogens with zero attached hydrogens (tertiary/aromatic N) is 2. The first-order chi connectivity index (χ1) is 18.5. The number of hydrogen-bond donors (Lipinski definition) is 3. The Kier molecular flexibility index (Phi) is 12.1. The number of hydrogen-bond acceptors (Lipinski definition) is 5. The van der Waals surface area contributed by atoms with E-state index >= 15 is 0 Å². The second-order valence-corrected chi connectivity index (χ2v) is 11.8. The normalized spacial score (nSPS) is 26.2. The number of carbonyl (C=O) groups is 3. The van der Waals surface area contributed by atoms with E-state index in [0.717, 1.165) is 64.3 Å². The number of halogens is 2. The Balaban J connectivity index is 0.00000220. The predicted molar refractivity (Wildman–Crippen MR) is 162 cm³/mol. The summed E-state index contributed by atoms with van der Waals surface area (Å²) in [6, 6.07) is 7.13. The van der Waals surface area contributed by atoms with Gasteiger partial charge in [-0.25, -0.2) is 0 Å². The molecule has 8 nitrogen and oxygen atoms in total. The van der Waals surface area contributed by atoms with Gasteiger partial charge in [0, 0.05) is 19.1 Å². The SMILES string of the molecule is CN[C@@H](C)C(=O)N[C@H](C(=O)N1C[C@H]2CCCN2C[C@H]1C(=O)N[C@H]1CCCc2ccccc21)C1CCCCC1.Cl.Cl. The maximum absolute atomic E-state index is 14.3. The Morgan fingerprint density at radius 1 is 0.925 bits per heavy atom. The lowest BCUT2D eigenvalue weighted by molar-refractivity contribution is -0.149. The van der Waals surface area contributed by atoms with Gasteiger partial charge in [-0.1, -0.05) is 43.5 Å².